The zero-order chi connectivity index (χ0) is 30.9. The van der Waals surface area contributed by atoms with E-state index in [2.05, 4.69) is 80.7 Å². The Labute approximate surface area is 260 Å². The molecule has 4 aromatic carbocycles. The Kier molecular flexibility index (Phi) is 7.41. The first kappa shape index (κ1) is 28.2. The van der Waals surface area contributed by atoms with Crippen LogP contribution in [0, 0.1) is 0 Å². The average molecular weight is 596 g/mol. The van der Waals surface area contributed by atoms with Gasteiger partial charge in [0.15, 0.2) is 0 Å². The molecule has 0 spiro atoms. The molecule has 224 valence electrons. The number of H-pyrrole nitrogens is 1. The summed E-state index contributed by atoms with van der Waals surface area (Å²) in [4.78, 5) is 27.8. The van der Waals surface area contributed by atoms with Crippen LogP contribution in [-0.2, 0) is 31.0 Å². The average Bonchev–Trinajstić information content (AvgIpc) is 3.73. The van der Waals surface area contributed by atoms with Crippen LogP contribution in [0.3, 0.4) is 0 Å². The first-order valence-electron chi connectivity index (χ1n) is 15.0. The maximum atomic E-state index is 12.8. The lowest BCUT2D eigenvalue weighted by atomic mass is 9.95. The molecule has 8 nitrogen and oxygen atoms in total. The zero-order valence-electron chi connectivity index (χ0n) is 24.6. The monoisotopic (exact) mass is 595 g/mol. The van der Waals surface area contributed by atoms with Gasteiger partial charge >= 0.3 is 0 Å². The summed E-state index contributed by atoms with van der Waals surface area (Å²) in [6.07, 6.45) is 3.39. The van der Waals surface area contributed by atoms with E-state index in [0.717, 1.165) is 50.9 Å². The van der Waals surface area contributed by atoms with E-state index in [4.69, 9.17) is 0 Å². The van der Waals surface area contributed by atoms with Crippen molar-refractivity contribution in [3.05, 3.63) is 149 Å². The van der Waals surface area contributed by atoms with Gasteiger partial charge in [0, 0.05) is 65.6 Å². The summed E-state index contributed by atoms with van der Waals surface area (Å²) in [5, 5.41) is 22.0. The van der Waals surface area contributed by atoms with Crippen LogP contribution in [0.1, 0.15) is 49.9 Å². The van der Waals surface area contributed by atoms with E-state index in [-0.39, 0.29) is 23.6 Å². The summed E-state index contributed by atoms with van der Waals surface area (Å²) in [5.41, 5.74) is 8.92. The number of nitrogens with one attached hydrogen (secondary N) is 4. The number of aromatic amines is 1. The molecule has 3 heterocycles. The van der Waals surface area contributed by atoms with E-state index in [1.54, 1.807) is 18.2 Å². The highest BCUT2D eigenvalue weighted by Crippen LogP contribution is 2.38. The van der Waals surface area contributed by atoms with Gasteiger partial charge in [-0.3, -0.25) is 9.59 Å². The molecule has 0 fully saturated rings. The molecule has 0 radical (unpaired) electrons. The molecule has 8 heteroatoms. The van der Waals surface area contributed by atoms with Crippen molar-refractivity contribution in [2.24, 2.45) is 0 Å². The van der Waals surface area contributed by atoms with Crippen molar-refractivity contribution < 1.29 is 14.7 Å². The van der Waals surface area contributed by atoms with Crippen molar-refractivity contribution in [1.29, 1.82) is 0 Å². The predicted molar refractivity (Wildman–Crippen MR) is 176 cm³/mol. The molecule has 0 aliphatic carbocycles. The second-order valence-electron chi connectivity index (χ2n) is 11.4. The number of rotatable bonds is 10. The number of carbonyl (C=O) groups excluding carboxylic acids is 2. The van der Waals surface area contributed by atoms with E-state index in [0.29, 0.717) is 25.2 Å². The number of nitrogens with zero attached hydrogens (tertiary/aromatic N) is 1. The molecule has 5 N–H and O–H groups in total. The van der Waals surface area contributed by atoms with Crippen LogP contribution in [0.4, 0.5) is 0 Å². The van der Waals surface area contributed by atoms with Crippen LogP contribution in [0.25, 0.3) is 21.8 Å². The molecule has 1 atom stereocenters. The number of phenols is 1. The van der Waals surface area contributed by atoms with Crippen molar-refractivity contribution >= 4 is 33.6 Å². The first-order valence-corrected chi connectivity index (χ1v) is 15.0. The number of benzene rings is 4. The summed E-state index contributed by atoms with van der Waals surface area (Å²) < 4.78 is 2.25. The van der Waals surface area contributed by atoms with Crippen molar-refractivity contribution in [2.45, 2.75) is 32.2 Å². The third-order valence-corrected chi connectivity index (χ3v) is 8.48. The maximum absolute atomic E-state index is 12.8. The SMILES string of the molecule is C=CC(=O)NCc1ccc(Cn2ccc3ccc(CNCc4[nH]c5ccccc5c4C4NC(=O)c5ccc(O)cc54)cc32)cc1. The quantitative estimate of drug-likeness (QED) is 0.129. The molecule has 1 aliphatic rings. The van der Waals surface area contributed by atoms with Gasteiger partial charge in [-0.25, -0.2) is 0 Å². The first-order chi connectivity index (χ1) is 22.0. The standard InChI is InChI=1S/C37H33N5O3/c1-2-34(44)39-20-23-7-9-24(10-8-23)22-42-16-15-26-12-11-25(17-33(26)42)19-38-21-32-35(29-5-3-4-6-31(29)40-32)36-30-18-27(43)13-14-28(30)37(45)41-36/h2-18,36,38,40,43H,1,19-22H2,(H,39,44)(H,41,45). The third-order valence-electron chi connectivity index (χ3n) is 8.48. The number of hydrogen-bond donors (Lipinski definition) is 5. The van der Waals surface area contributed by atoms with Gasteiger partial charge in [0.2, 0.25) is 5.91 Å². The molecule has 45 heavy (non-hydrogen) atoms. The fourth-order valence-corrected chi connectivity index (χ4v) is 6.23. The minimum atomic E-state index is -0.354. The Morgan fingerprint density at radius 3 is 2.56 bits per heavy atom. The highest BCUT2D eigenvalue weighted by Gasteiger charge is 2.33. The number of fused-ring (bicyclic) bond motifs is 3. The molecule has 0 saturated carbocycles. The van der Waals surface area contributed by atoms with Gasteiger partial charge in [0.05, 0.1) is 6.04 Å². The molecule has 0 saturated heterocycles. The molecular weight excluding hydrogens is 562 g/mol. The van der Waals surface area contributed by atoms with Crippen molar-refractivity contribution in [1.82, 2.24) is 25.5 Å². The number of phenolic OH excluding ortho intramolecular Hbond substituents is 1. The Balaban J connectivity index is 1.08. The smallest absolute Gasteiger partial charge is 0.252 e. The summed E-state index contributed by atoms with van der Waals surface area (Å²) in [7, 11) is 0. The lowest BCUT2D eigenvalue weighted by molar-refractivity contribution is -0.116. The number of carbonyl (C=O) groups is 2. The molecule has 1 unspecified atom stereocenters. The molecular formula is C37H33N5O3. The van der Waals surface area contributed by atoms with Gasteiger partial charge < -0.3 is 30.6 Å². The Hall–Kier alpha value is -5.60. The minimum absolute atomic E-state index is 0.136. The van der Waals surface area contributed by atoms with Crippen molar-refractivity contribution in [3.8, 4) is 5.75 Å². The van der Waals surface area contributed by atoms with E-state index in [1.165, 1.54) is 17.0 Å². The normalized spacial score (nSPS) is 14.0. The van der Waals surface area contributed by atoms with Gasteiger partial charge in [-0.15, -0.1) is 0 Å². The molecule has 6 aromatic rings. The molecule has 0 bridgehead atoms. The number of hydrogen-bond acceptors (Lipinski definition) is 4. The topological polar surface area (TPSA) is 111 Å². The van der Waals surface area contributed by atoms with E-state index in [9.17, 15) is 14.7 Å². The Morgan fingerprint density at radius 2 is 1.71 bits per heavy atom. The lowest BCUT2D eigenvalue weighted by Gasteiger charge is -2.15. The van der Waals surface area contributed by atoms with E-state index >= 15 is 0 Å². The van der Waals surface area contributed by atoms with E-state index in [1.807, 2.05) is 30.3 Å². The number of para-hydroxylation sites is 1. The molecule has 2 amide bonds. The van der Waals surface area contributed by atoms with Crippen molar-refractivity contribution in [3.63, 3.8) is 0 Å². The fourth-order valence-electron chi connectivity index (χ4n) is 6.23. The van der Waals surface area contributed by atoms with Crippen LogP contribution in [0.2, 0.25) is 0 Å². The minimum Gasteiger partial charge on any atom is -0.508 e. The van der Waals surface area contributed by atoms with Crippen LogP contribution < -0.4 is 16.0 Å². The highest BCUT2D eigenvalue weighted by atomic mass is 16.3. The molecule has 1 aliphatic heterocycles. The number of aromatic nitrogens is 2. The second kappa shape index (κ2) is 11.8. The number of amides is 2. The highest BCUT2D eigenvalue weighted by molar-refractivity contribution is 6.01. The third kappa shape index (κ3) is 5.59. The van der Waals surface area contributed by atoms with Crippen LogP contribution in [0.15, 0.2) is 110 Å². The zero-order valence-corrected chi connectivity index (χ0v) is 24.6. The summed E-state index contributed by atoms with van der Waals surface area (Å²) in [5.74, 6) is -0.177. The van der Waals surface area contributed by atoms with E-state index < -0.39 is 0 Å². The van der Waals surface area contributed by atoms with Crippen LogP contribution in [-0.4, -0.2) is 26.5 Å². The second-order valence-corrected chi connectivity index (χ2v) is 11.4. The maximum Gasteiger partial charge on any atom is 0.252 e. The van der Waals surface area contributed by atoms with Crippen LogP contribution >= 0.6 is 0 Å². The Morgan fingerprint density at radius 1 is 0.911 bits per heavy atom. The van der Waals surface area contributed by atoms with Gasteiger partial charge in [0.1, 0.15) is 5.75 Å². The predicted octanol–water partition coefficient (Wildman–Crippen LogP) is 5.80. The van der Waals surface area contributed by atoms with Crippen LogP contribution in [0.5, 0.6) is 5.75 Å². The fraction of sp³-hybridized carbons (Fsp3) is 0.135. The summed E-state index contributed by atoms with van der Waals surface area (Å²) >= 11 is 0. The Bertz CT molecular complexity index is 2070. The number of aromatic hydroxyl groups is 1. The van der Waals surface area contributed by atoms with Gasteiger partial charge in [-0.05, 0) is 70.1 Å². The van der Waals surface area contributed by atoms with Gasteiger partial charge in [-0.2, -0.15) is 0 Å². The molecule has 7 rings (SSSR count). The van der Waals surface area contributed by atoms with Crippen molar-refractivity contribution in [2.75, 3.05) is 0 Å². The lowest BCUT2D eigenvalue weighted by Crippen LogP contribution is -2.22. The summed E-state index contributed by atoms with van der Waals surface area (Å²) in [6, 6.07) is 29.6. The van der Waals surface area contributed by atoms with Gasteiger partial charge in [0.25, 0.3) is 5.91 Å². The molecule has 2 aromatic heterocycles. The van der Waals surface area contributed by atoms with Gasteiger partial charge in [-0.1, -0.05) is 61.2 Å². The largest absolute Gasteiger partial charge is 0.508 e. The summed E-state index contributed by atoms with van der Waals surface area (Å²) in [6.45, 7) is 5.93.